The van der Waals surface area contributed by atoms with Crippen LogP contribution in [0.1, 0.15) is 38.7 Å². The number of benzene rings is 1. The number of amides is 3. The molecular formula is C22H37N7O3. The van der Waals surface area contributed by atoms with Gasteiger partial charge in [-0.05, 0) is 37.8 Å². The van der Waals surface area contributed by atoms with Crippen molar-refractivity contribution < 1.29 is 14.4 Å². The monoisotopic (exact) mass is 447 g/mol. The molecule has 0 saturated heterocycles. The van der Waals surface area contributed by atoms with Crippen LogP contribution < -0.4 is 33.2 Å². The van der Waals surface area contributed by atoms with Crippen LogP contribution in [0.2, 0.25) is 0 Å². The highest BCUT2D eigenvalue weighted by Crippen LogP contribution is 2.08. The zero-order valence-electron chi connectivity index (χ0n) is 19.1. The Morgan fingerprint density at radius 3 is 2.06 bits per heavy atom. The molecule has 178 valence electrons. The third kappa shape index (κ3) is 10.3. The van der Waals surface area contributed by atoms with Gasteiger partial charge in [-0.15, -0.1) is 0 Å². The number of nitrogens with zero attached hydrogens (tertiary/aromatic N) is 1. The molecule has 3 atom stereocenters. The van der Waals surface area contributed by atoms with Crippen LogP contribution in [0.25, 0.3) is 0 Å². The van der Waals surface area contributed by atoms with Gasteiger partial charge in [-0.3, -0.25) is 19.4 Å². The summed E-state index contributed by atoms with van der Waals surface area (Å²) in [7, 11) is 1.70. The van der Waals surface area contributed by atoms with Gasteiger partial charge in [0.05, 0.1) is 6.04 Å². The molecule has 1 rings (SSSR count). The second-order valence-corrected chi connectivity index (χ2v) is 8.13. The normalized spacial score (nSPS) is 13.6. The first kappa shape index (κ1) is 26.9. The summed E-state index contributed by atoms with van der Waals surface area (Å²) in [6.45, 7) is 4.34. The van der Waals surface area contributed by atoms with E-state index in [9.17, 15) is 14.4 Å². The summed E-state index contributed by atoms with van der Waals surface area (Å²) in [5.41, 5.74) is 17.1. The van der Waals surface area contributed by atoms with Gasteiger partial charge >= 0.3 is 0 Å². The molecule has 0 bridgehead atoms. The SMILES string of the molecule is CN[C@@H](CC(C)C)C(=O)N[C@@H](CCCN=C(N)N)C(=O)N[C@@H](Cc1ccccc1)C(N)=O. The Morgan fingerprint density at radius 1 is 0.938 bits per heavy atom. The number of carbonyl (C=O) groups is 3. The molecular weight excluding hydrogens is 410 g/mol. The predicted molar refractivity (Wildman–Crippen MR) is 125 cm³/mol. The molecule has 0 unspecified atom stereocenters. The van der Waals surface area contributed by atoms with Gasteiger partial charge in [0.2, 0.25) is 17.7 Å². The minimum absolute atomic E-state index is 0.0427. The van der Waals surface area contributed by atoms with E-state index in [1.807, 2.05) is 44.2 Å². The average Bonchev–Trinajstić information content (AvgIpc) is 2.73. The van der Waals surface area contributed by atoms with E-state index >= 15 is 0 Å². The number of guanidine groups is 1. The van der Waals surface area contributed by atoms with E-state index in [2.05, 4.69) is 20.9 Å². The third-order valence-corrected chi connectivity index (χ3v) is 4.89. The van der Waals surface area contributed by atoms with E-state index in [0.717, 1.165) is 5.56 Å². The number of hydrogen-bond donors (Lipinski definition) is 6. The number of likely N-dealkylation sites (N-methyl/N-ethyl adjacent to an activating group) is 1. The van der Waals surface area contributed by atoms with Gasteiger partial charge in [-0.1, -0.05) is 44.2 Å². The molecule has 10 nitrogen and oxygen atoms in total. The summed E-state index contributed by atoms with van der Waals surface area (Å²) >= 11 is 0. The summed E-state index contributed by atoms with van der Waals surface area (Å²) in [6.07, 6.45) is 1.62. The zero-order valence-corrected chi connectivity index (χ0v) is 19.1. The van der Waals surface area contributed by atoms with Crippen molar-refractivity contribution >= 4 is 23.7 Å². The van der Waals surface area contributed by atoms with E-state index in [0.29, 0.717) is 25.8 Å². The van der Waals surface area contributed by atoms with E-state index in [1.54, 1.807) is 7.05 Å². The maximum Gasteiger partial charge on any atom is 0.243 e. The molecule has 0 radical (unpaired) electrons. The van der Waals surface area contributed by atoms with Crippen molar-refractivity contribution in [2.24, 2.45) is 28.1 Å². The van der Waals surface area contributed by atoms with Crippen LogP contribution in [0.15, 0.2) is 35.3 Å². The van der Waals surface area contributed by atoms with Crippen LogP contribution in [-0.2, 0) is 20.8 Å². The molecule has 1 aromatic carbocycles. The quantitative estimate of drug-likeness (QED) is 0.126. The molecule has 0 saturated carbocycles. The topological polar surface area (TPSA) is 178 Å². The Balaban J connectivity index is 2.91. The molecule has 0 aliphatic rings. The zero-order chi connectivity index (χ0) is 24.1. The van der Waals surface area contributed by atoms with Crippen molar-refractivity contribution in [1.82, 2.24) is 16.0 Å². The summed E-state index contributed by atoms with van der Waals surface area (Å²) < 4.78 is 0. The second kappa shape index (κ2) is 14.0. The molecule has 9 N–H and O–H groups in total. The molecule has 1 aromatic rings. The lowest BCUT2D eigenvalue weighted by Gasteiger charge is -2.25. The number of aliphatic imine (C=N–C) groups is 1. The average molecular weight is 448 g/mol. The highest BCUT2D eigenvalue weighted by atomic mass is 16.2. The Bertz CT molecular complexity index is 764. The summed E-state index contributed by atoms with van der Waals surface area (Å²) in [4.78, 5) is 41.6. The third-order valence-electron chi connectivity index (χ3n) is 4.89. The van der Waals surface area contributed by atoms with Crippen LogP contribution in [0.5, 0.6) is 0 Å². The van der Waals surface area contributed by atoms with Crippen molar-refractivity contribution in [3.8, 4) is 0 Å². The second-order valence-electron chi connectivity index (χ2n) is 8.13. The Hall–Kier alpha value is -3.14. The van der Waals surface area contributed by atoms with Crippen LogP contribution in [0.3, 0.4) is 0 Å². The molecule has 0 aromatic heterocycles. The van der Waals surface area contributed by atoms with E-state index < -0.39 is 29.9 Å². The van der Waals surface area contributed by atoms with Crippen molar-refractivity contribution in [2.75, 3.05) is 13.6 Å². The maximum absolute atomic E-state index is 13.0. The highest BCUT2D eigenvalue weighted by Gasteiger charge is 2.28. The fraction of sp³-hybridized carbons (Fsp3) is 0.545. The number of hydrogen-bond acceptors (Lipinski definition) is 5. The van der Waals surface area contributed by atoms with Crippen molar-refractivity contribution in [1.29, 1.82) is 0 Å². The first-order chi connectivity index (χ1) is 15.1. The van der Waals surface area contributed by atoms with Crippen LogP contribution in [0.4, 0.5) is 0 Å². The standard InChI is InChI=1S/C22H37N7O3/c1-14(2)12-18(26-3)21(32)28-16(10-7-11-27-22(24)25)20(31)29-17(19(23)30)13-15-8-5-4-6-9-15/h4-6,8-9,14,16-18,26H,7,10-13H2,1-3H3,(H2,23,30)(H,28,32)(H,29,31)(H4,24,25,27)/t16-,17-,18-/m0/s1. The molecule has 0 aliphatic heterocycles. The Labute approximate surface area is 189 Å². The Kier molecular flexibility index (Phi) is 11.8. The fourth-order valence-corrected chi connectivity index (χ4v) is 3.22. The van der Waals surface area contributed by atoms with Crippen molar-refractivity contribution in [3.63, 3.8) is 0 Å². The maximum atomic E-state index is 13.0. The molecule has 0 spiro atoms. The van der Waals surface area contributed by atoms with Crippen molar-refractivity contribution in [2.45, 2.75) is 57.7 Å². The molecule has 10 heteroatoms. The largest absolute Gasteiger partial charge is 0.370 e. The molecule has 0 fully saturated rings. The van der Waals surface area contributed by atoms with Gasteiger partial charge in [0.25, 0.3) is 0 Å². The number of rotatable bonds is 14. The fourth-order valence-electron chi connectivity index (χ4n) is 3.22. The van der Waals surface area contributed by atoms with Gasteiger partial charge in [-0.25, -0.2) is 0 Å². The predicted octanol–water partition coefficient (Wildman–Crippen LogP) is -0.628. The highest BCUT2D eigenvalue weighted by molar-refractivity contribution is 5.92. The van der Waals surface area contributed by atoms with E-state index in [1.165, 1.54) is 0 Å². The molecule has 32 heavy (non-hydrogen) atoms. The van der Waals surface area contributed by atoms with E-state index in [-0.39, 0.29) is 24.2 Å². The minimum atomic E-state index is -0.905. The summed E-state index contributed by atoms with van der Waals surface area (Å²) in [5, 5.41) is 8.46. The number of primary amides is 1. The molecule has 0 heterocycles. The minimum Gasteiger partial charge on any atom is -0.370 e. The number of nitrogens with one attached hydrogen (secondary N) is 3. The van der Waals surface area contributed by atoms with Crippen LogP contribution in [0, 0.1) is 5.92 Å². The van der Waals surface area contributed by atoms with Crippen LogP contribution >= 0.6 is 0 Å². The molecule has 3 amide bonds. The lowest BCUT2D eigenvalue weighted by Crippen LogP contribution is -2.56. The van der Waals surface area contributed by atoms with Crippen LogP contribution in [-0.4, -0.2) is 55.4 Å². The van der Waals surface area contributed by atoms with Gasteiger partial charge in [0, 0.05) is 13.0 Å². The Morgan fingerprint density at radius 2 is 1.53 bits per heavy atom. The first-order valence-electron chi connectivity index (χ1n) is 10.8. The number of carbonyl (C=O) groups excluding carboxylic acids is 3. The first-order valence-corrected chi connectivity index (χ1v) is 10.8. The summed E-state index contributed by atoms with van der Waals surface area (Å²) in [5.74, 6) is -1.18. The lowest BCUT2D eigenvalue weighted by molar-refractivity contribution is -0.132. The van der Waals surface area contributed by atoms with Crippen molar-refractivity contribution in [3.05, 3.63) is 35.9 Å². The van der Waals surface area contributed by atoms with Gasteiger partial charge in [-0.2, -0.15) is 0 Å². The van der Waals surface area contributed by atoms with Gasteiger partial charge < -0.3 is 33.2 Å². The van der Waals surface area contributed by atoms with E-state index in [4.69, 9.17) is 17.2 Å². The lowest BCUT2D eigenvalue weighted by atomic mass is 10.0. The summed E-state index contributed by atoms with van der Waals surface area (Å²) in [6, 6.07) is 7.02. The number of nitrogens with two attached hydrogens (primary N) is 3. The smallest absolute Gasteiger partial charge is 0.243 e. The van der Waals surface area contributed by atoms with Gasteiger partial charge in [0.1, 0.15) is 12.1 Å². The van der Waals surface area contributed by atoms with Gasteiger partial charge in [0.15, 0.2) is 5.96 Å². The molecule has 0 aliphatic carbocycles.